The normalized spacial score (nSPS) is 17.9. The van der Waals surface area contributed by atoms with Crippen LogP contribution in [-0.2, 0) is 6.42 Å². The van der Waals surface area contributed by atoms with Crippen molar-refractivity contribution in [3.05, 3.63) is 29.9 Å². The topological polar surface area (TPSA) is 93.6 Å². The van der Waals surface area contributed by atoms with Crippen LogP contribution in [0.2, 0.25) is 0 Å². The summed E-state index contributed by atoms with van der Waals surface area (Å²) in [6.45, 7) is 0. The van der Waals surface area contributed by atoms with Gasteiger partial charge in [0.1, 0.15) is 0 Å². The predicted molar refractivity (Wildman–Crippen MR) is 60.1 cm³/mol. The second kappa shape index (κ2) is 4.29. The Bertz CT molecular complexity index is 474. The molecule has 2 aromatic heterocycles. The largest absolute Gasteiger partial charge is 0.348 e. The molecular weight excluding hydrogens is 218 g/mol. The lowest BCUT2D eigenvalue weighted by atomic mass is 9.85. The first kappa shape index (κ1) is 10.5. The molecule has 0 saturated heterocycles. The second-order valence-corrected chi connectivity index (χ2v) is 4.51. The molecule has 2 aromatic rings. The van der Waals surface area contributed by atoms with E-state index in [4.69, 9.17) is 10.3 Å². The van der Waals surface area contributed by atoms with Crippen LogP contribution in [0.25, 0.3) is 0 Å². The fraction of sp³-hybridized carbons (Fsp3) is 0.545. The van der Waals surface area contributed by atoms with Gasteiger partial charge in [-0.3, -0.25) is 0 Å². The van der Waals surface area contributed by atoms with Gasteiger partial charge in [-0.15, -0.1) is 0 Å². The van der Waals surface area contributed by atoms with Crippen molar-refractivity contribution in [1.82, 2.24) is 20.1 Å². The number of imidazole rings is 1. The molecule has 1 atom stereocenters. The van der Waals surface area contributed by atoms with Crippen molar-refractivity contribution < 1.29 is 4.52 Å². The molecule has 0 spiro atoms. The van der Waals surface area contributed by atoms with E-state index < -0.39 is 0 Å². The van der Waals surface area contributed by atoms with E-state index in [0.717, 1.165) is 24.4 Å². The van der Waals surface area contributed by atoms with Crippen molar-refractivity contribution in [1.29, 1.82) is 0 Å². The molecule has 0 aliphatic heterocycles. The molecule has 1 saturated carbocycles. The highest BCUT2D eigenvalue weighted by atomic mass is 16.5. The van der Waals surface area contributed by atoms with Gasteiger partial charge in [0.15, 0.2) is 5.82 Å². The molecule has 0 radical (unpaired) electrons. The van der Waals surface area contributed by atoms with Crippen molar-refractivity contribution >= 4 is 0 Å². The lowest BCUT2D eigenvalue weighted by molar-refractivity contribution is 0.333. The molecule has 6 heteroatoms. The first-order valence-corrected chi connectivity index (χ1v) is 5.89. The third-order valence-corrected chi connectivity index (χ3v) is 3.24. The average Bonchev–Trinajstić information content (AvgIpc) is 2.85. The lowest BCUT2D eigenvalue weighted by Gasteiger charge is -2.21. The minimum atomic E-state index is -0.267. The fourth-order valence-electron chi connectivity index (χ4n) is 1.95. The first-order valence-electron chi connectivity index (χ1n) is 5.89. The molecule has 6 nitrogen and oxygen atoms in total. The molecule has 1 fully saturated rings. The van der Waals surface area contributed by atoms with Gasteiger partial charge in [-0.1, -0.05) is 11.6 Å². The number of hydrogen-bond donors (Lipinski definition) is 2. The standard InChI is InChI=1S/C11H15N5O/c12-9(4-8-5-13-6-14-8)11-15-10(16-17-11)7-2-1-3-7/h5-7,9H,1-4,12H2,(H,13,14). The number of nitrogens with zero attached hydrogens (tertiary/aromatic N) is 3. The van der Waals surface area contributed by atoms with Gasteiger partial charge in [0.25, 0.3) is 0 Å². The van der Waals surface area contributed by atoms with Gasteiger partial charge in [-0.2, -0.15) is 4.98 Å². The van der Waals surface area contributed by atoms with Crippen molar-refractivity contribution in [2.75, 3.05) is 0 Å². The molecule has 17 heavy (non-hydrogen) atoms. The zero-order valence-electron chi connectivity index (χ0n) is 9.47. The summed E-state index contributed by atoms with van der Waals surface area (Å²) < 4.78 is 5.21. The van der Waals surface area contributed by atoms with E-state index in [1.807, 2.05) is 0 Å². The summed E-state index contributed by atoms with van der Waals surface area (Å²) in [5.41, 5.74) is 6.99. The number of aromatic amines is 1. The smallest absolute Gasteiger partial charge is 0.243 e. The summed E-state index contributed by atoms with van der Waals surface area (Å²) >= 11 is 0. The molecule has 0 bridgehead atoms. The maximum absolute atomic E-state index is 6.02. The predicted octanol–water partition coefficient (Wildman–Crippen LogP) is 1.30. The van der Waals surface area contributed by atoms with Crippen LogP contribution < -0.4 is 5.73 Å². The molecule has 1 aliphatic rings. The molecule has 2 heterocycles. The number of nitrogens with one attached hydrogen (secondary N) is 1. The highest BCUT2D eigenvalue weighted by Crippen LogP contribution is 2.34. The Hall–Kier alpha value is -1.69. The van der Waals surface area contributed by atoms with Crippen LogP contribution in [-0.4, -0.2) is 20.1 Å². The summed E-state index contributed by atoms with van der Waals surface area (Å²) in [5.74, 6) is 1.81. The summed E-state index contributed by atoms with van der Waals surface area (Å²) in [4.78, 5) is 11.3. The quantitative estimate of drug-likeness (QED) is 0.830. The maximum atomic E-state index is 6.02. The zero-order chi connectivity index (χ0) is 11.7. The summed E-state index contributed by atoms with van der Waals surface area (Å²) in [7, 11) is 0. The first-order chi connectivity index (χ1) is 8.33. The summed E-state index contributed by atoms with van der Waals surface area (Å²) in [6, 6.07) is -0.267. The Balaban J connectivity index is 1.68. The second-order valence-electron chi connectivity index (χ2n) is 4.51. The SMILES string of the molecule is NC(Cc1cnc[nH]1)c1nc(C2CCC2)no1. The van der Waals surface area contributed by atoms with E-state index >= 15 is 0 Å². The Morgan fingerprint density at radius 3 is 3.06 bits per heavy atom. The minimum Gasteiger partial charge on any atom is -0.348 e. The zero-order valence-corrected chi connectivity index (χ0v) is 9.47. The van der Waals surface area contributed by atoms with Crippen LogP contribution in [0.15, 0.2) is 17.0 Å². The molecule has 3 N–H and O–H groups in total. The number of rotatable bonds is 4. The van der Waals surface area contributed by atoms with Gasteiger partial charge >= 0.3 is 0 Å². The highest BCUT2D eigenvalue weighted by molar-refractivity contribution is 5.05. The number of aromatic nitrogens is 4. The Morgan fingerprint density at radius 2 is 2.41 bits per heavy atom. The minimum absolute atomic E-state index is 0.267. The number of nitrogens with two attached hydrogens (primary N) is 1. The maximum Gasteiger partial charge on any atom is 0.243 e. The van der Waals surface area contributed by atoms with Crippen LogP contribution in [0.1, 0.15) is 48.6 Å². The van der Waals surface area contributed by atoms with Crippen LogP contribution in [0.5, 0.6) is 0 Å². The lowest BCUT2D eigenvalue weighted by Crippen LogP contribution is -2.15. The van der Waals surface area contributed by atoms with Crippen molar-refractivity contribution in [3.63, 3.8) is 0 Å². The van der Waals surface area contributed by atoms with E-state index in [1.165, 1.54) is 6.42 Å². The van der Waals surface area contributed by atoms with E-state index in [0.29, 0.717) is 18.2 Å². The monoisotopic (exact) mass is 233 g/mol. The van der Waals surface area contributed by atoms with Gasteiger partial charge in [-0.25, -0.2) is 4.98 Å². The van der Waals surface area contributed by atoms with E-state index in [1.54, 1.807) is 12.5 Å². The van der Waals surface area contributed by atoms with Crippen LogP contribution in [0.4, 0.5) is 0 Å². The fourth-order valence-corrected chi connectivity index (χ4v) is 1.95. The van der Waals surface area contributed by atoms with Crippen LogP contribution in [0, 0.1) is 0 Å². The summed E-state index contributed by atoms with van der Waals surface area (Å²) in [6.07, 6.45) is 7.60. The Kier molecular flexibility index (Phi) is 2.64. The Labute approximate surface area is 98.6 Å². The van der Waals surface area contributed by atoms with E-state index in [2.05, 4.69) is 20.1 Å². The van der Waals surface area contributed by atoms with Gasteiger partial charge in [0, 0.05) is 24.2 Å². The molecule has 1 unspecified atom stereocenters. The Morgan fingerprint density at radius 1 is 1.53 bits per heavy atom. The van der Waals surface area contributed by atoms with E-state index in [-0.39, 0.29) is 6.04 Å². The third-order valence-electron chi connectivity index (χ3n) is 3.24. The van der Waals surface area contributed by atoms with Crippen LogP contribution >= 0.6 is 0 Å². The highest BCUT2D eigenvalue weighted by Gasteiger charge is 2.26. The van der Waals surface area contributed by atoms with Crippen molar-refractivity contribution in [3.8, 4) is 0 Å². The number of H-pyrrole nitrogens is 1. The van der Waals surface area contributed by atoms with Gasteiger partial charge in [-0.05, 0) is 12.8 Å². The van der Waals surface area contributed by atoms with E-state index in [9.17, 15) is 0 Å². The van der Waals surface area contributed by atoms with Gasteiger partial charge in [0.2, 0.25) is 5.89 Å². The molecule has 0 aromatic carbocycles. The van der Waals surface area contributed by atoms with Gasteiger partial charge < -0.3 is 15.2 Å². The number of hydrogen-bond acceptors (Lipinski definition) is 5. The molecule has 0 amide bonds. The van der Waals surface area contributed by atoms with Gasteiger partial charge in [0.05, 0.1) is 12.4 Å². The van der Waals surface area contributed by atoms with Crippen molar-refractivity contribution in [2.45, 2.75) is 37.6 Å². The van der Waals surface area contributed by atoms with Crippen molar-refractivity contribution in [2.24, 2.45) is 5.73 Å². The molecule has 90 valence electrons. The molecule has 3 rings (SSSR count). The third kappa shape index (κ3) is 2.08. The molecular formula is C11H15N5O. The molecule has 1 aliphatic carbocycles. The average molecular weight is 233 g/mol. The summed E-state index contributed by atoms with van der Waals surface area (Å²) in [5, 5.41) is 4.00. The van der Waals surface area contributed by atoms with Crippen LogP contribution in [0.3, 0.4) is 0 Å².